The molecule has 0 bridgehead atoms. The molecule has 1 aliphatic heterocycles. The van der Waals surface area contributed by atoms with Crippen molar-refractivity contribution in [3.05, 3.63) is 5.57 Å². The number of nitrogens with zero attached hydrogens (tertiary/aromatic N) is 2. The van der Waals surface area contributed by atoms with Crippen molar-refractivity contribution >= 4 is 5.87 Å². The Bertz CT molecular complexity index is 180. The number of hydrogen-bond acceptors (Lipinski definition) is 3. The molecule has 3 nitrogen and oxygen atoms in total. The maximum Gasteiger partial charge on any atom is 0.0429 e. The maximum atomic E-state index is 5.68. The van der Waals surface area contributed by atoms with E-state index in [1.807, 2.05) is 5.01 Å². The van der Waals surface area contributed by atoms with Crippen molar-refractivity contribution < 1.29 is 0 Å². The molecule has 2 N–H and O–H groups in total. The normalized spacial score (nSPS) is 26.5. The zero-order valence-corrected chi connectivity index (χ0v) is 7.17. The quantitative estimate of drug-likeness (QED) is 0.405. The van der Waals surface area contributed by atoms with Crippen LogP contribution in [-0.2, 0) is 0 Å². The van der Waals surface area contributed by atoms with Gasteiger partial charge in [-0.05, 0) is 18.2 Å². The summed E-state index contributed by atoms with van der Waals surface area (Å²) in [6, 6.07) is 0. The van der Waals surface area contributed by atoms with Gasteiger partial charge in [-0.1, -0.05) is 6.92 Å². The average Bonchev–Trinajstić information content (AvgIpc) is 1.85. The molecule has 0 saturated carbocycles. The van der Waals surface area contributed by atoms with Gasteiger partial charge in [0.1, 0.15) is 0 Å². The van der Waals surface area contributed by atoms with Gasteiger partial charge in [0, 0.05) is 25.7 Å². The Labute approximate surface area is 67.6 Å². The lowest BCUT2D eigenvalue weighted by Gasteiger charge is -2.27. The number of hydrogen-bond donors (Lipinski definition) is 1. The highest BCUT2D eigenvalue weighted by Gasteiger charge is 2.16. The van der Waals surface area contributed by atoms with E-state index in [1.165, 1.54) is 5.57 Å². The average molecular weight is 153 g/mol. The van der Waals surface area contributed by atoms with Crippen LogP contribution in [-0.4, -0.2) is 31.0 Å². The second kappa shape index (κ2) is 3.67. The molecule has 1 saturated heterocycles. The summed E-state index contributed by atoms with van der Waals surface area (Å²) in [5, 5.41) is 1.82. The molecule has 1 aliphatic rings. The van der Waals surface area contributed by atoms with E-state index in [4.69, 9.17) is 5.84 Å². The van der Waals surface area contributed by atoms with Gasteiger partial charge >= 0.3 is 0 Å². The van der Waals surface area contributed by atoms with Crippen LogP contribution in [0.5, 0.6) is 0 Å². The number of piperidine rings is 1. The van der Waals surface area contributed by atoms with Crippen LogP contribution in [0.4, 0.5) is 0 Å². The van der Waals surface area contributed by atoms with Crippen LogP contribution in [0, 0.1) is 5.92 Å². The van der Waals surface area contributed by atoms with E-state index in [1.54, 1.807) is 7.05 Å². The van der Waals surface area contributed by atoms with Crippen molar-refractivity contribution in [3.8, 4) is 0 Å². The Balaban J connectivity index is 2.64. The molecule has 3 heteroatoms. The van der Waals surface area contributed by atoms with Crippen molar-refractivity contribution in [2.75, 3.05) is 20.1 Å². The molecule has 1 atom stereocenters. The van der Waals surface area contributed by atoms with E-state index in [-0.39, 0.29) is 0 Å². The summed E-state index contributed by atoms with van der Waals surface area (Å²) in [6.45, 7) is 3.99. The monoisotopic (exact) mass is 153 g/mol. The molecule has 1 fully saturated rings. The Hall–Kier alpha value is -0.630. The molecule has 62 valence electrons. The first-order valence-corrected chi connectivity index (χ1v) is 3.91. The lowest BCUT2D eigenvalue weighted by molar-refractivity contribution is 0.229. The minimum Gasteiger partial charge on any atom is -0.268 e. The van der Waals surface area contributed by atoms with Crippen molar-refractivity contribution in [2.24, 2.45) is 16.8 Å². The lowest BCUT2D eigenvalue weighted by Crippen LogP contribution is -2.40. The second-order valence-corrected chi connectivity index (χ2v) is 3.18. The van der Waals surface area contributed by atoms with E-state index >= 15 is 0 Å². The summed E-state index contributed by atoms with van der Waals surface area (Å²) in [6.07, 6.45) is 1.09. The van der Waals surface area contributed by atoms with Crippen LogP contribution >= 0.6 is 0 Å². The van der Waals surface area contributed by atoms with E-state index in [2.05, 4.69) is 17.8 Å². The second-order valence-electron chi connectivity index (χ2n) is 3.18. The first-order valence-electron chi connectivity index (χ1n) is 3.91. The number of hydrazine groups is 1. The molecule has 0 aliphatic carbocycles. The van der Waals surface area contributed by atoms with E-state index in [0.717, 1.165) is 19.5 Å². The summed E-state index contributed by atoms with van der Waals surface area (Å²) in [5.74, 6) is 9.28. The summed E-state index contributed by atoms with van der Waals surface area (Å²) >= 11 is 0. The highest BCUT2D eigenvalue weighted by Crippen LogP contribution is 2.15. The molecule has 1 heterocycles. The highest BCUT2D eigenvalue weighted by atomic mass is 15.4. The number of rotatable bonds is 0. The van der Waals surface area contributed by atoms with Crippen molar-refractivity contribution in [1.82, 2.24) is 5.01 Å². The van der Waals surface area contributed by atoms with Gasteiger partial charge in [-0.15, -0.1) is 0 Å². The van der Waals surface area contributed by atoms with Gasteiger partial charge in [0.15, 0.2) is 0 Å². The third-order valence-corrected chi connectivity index (χ3v) is 1.80. The predicted octanol–water partition coefficient (Wildman–Crippen LogP) is 0.428. The molecule has 0 spiro atoms. The topological polar surface area (TPSA) is 41.6 Å². The SMILES string of the molecule is CN=C=C1C[C@@H](C)CN(N)C1. The van der Waals surface area contributed by atoms with Crippen LogP contribution < -0.4 is 5.84 Å². The Kier molecular flexibility index (Phi) is 2.83. The molecule has 0 unspecified atom stereocenters. The van der Waals surface area contributed by atoms with E-state index in [9.17, 15) is 0 Å². The van der Waals surface area contributed by atoms with Crippen molar-refractivity contribution in [3.63, 3.8) is 0 Å². The van der Waals surface area contributed by atoms with Crippen LogP contribution in [0.1, 0.15) is 13.3 Å². The van der Waals surface area contributed by atoms with Gasteiger partial charge in [0.05, 0.1) is 0 Å². The first-order chi connectivity index (χ1) is 5.22. The van der Waals surface area contributed by atoms with E-state index < -0.39 is 0 Å². The zero-order chi connectivity index (χ0) is 8.27. The minimum atomic E-state index is 0.637. The lowest BCUT2D eigenvalue weighted by atomic mass is 9.98. The molecular weight excluding hydrogens is 138 g/mol. The third-order valence-electron chi connectivity index (χ3n) is 1.80. The molecule has 0 aromatic heterocycles. The van der Waals surface area contributed by atoms with Crippen LogP contribution in [0.25, 0.3) is 0 Å². The molecule has 0 aromatic carbocycles. The van der Waals surface area contributed by atoms with Crippen LogP contribution in [0.3, 0.4) is 0 Å². The van der Waals surface area contributed by atoms with Crippen molar-refractivity contribution in [2.45, 2.75) is 13.3 Å². The zero-order valence-electron chi connectivity index (χ0n) is 7.17. The van der Waals surface area contributed by atoms with Gasteiger partial charge in [-0.2, -0.15) is 0 Å². The minimum absolute atomic E-state index is 0.637. The van der Waals surface area contributed by atoms with Gasteiger partial charge < -0.3 is 0 Å². The fourth-order valence-corrected chi connectivity index (χ4v) is 1.50. The highest BCUT2D eigenvalue weighted by molar-refractivity contribution is 5.58. The summed E-state index contributed by atoms with van der Waals surface area (Å²) in [7, 11) is 1.74. The molecule has 0 radical (unpaired) electrons. The maximum absolute atomic E-state index is 5.68. The smallest absolute Gasteiger partial charge is 0.0429 e. The van der Waals surface area contributed by atoms with E-state index in [0.29, 0.717) is 5.92 Å². The molecule has 11 heavy (non-hydrogen) atoms. The molecule has 0 amide bonds. The van der Waals surface area contributed by atoms with Crippen LogP contribution in [0.2, 0.25) is 0 Å². The fourth-order valence-electron chi connectivity index (χ4n) is 1.50. The molecule has 1 rings (SSSR count). The van der Waals surface area contributed by atoms with Crippen molar-refractivity contribution in [1.29, 1.82) is 0 Å². The Morgan fingerprint density at radius 3 is 3.00 bits per heavy atom. The van der Waals surface area contributed by atoms with Crippen LogP contribution in [0.15, 0.2) is 10.6 Å². The van der Waals surface area contributed by atoms with Gasteiger partial charge in [0.2, 0.25) is 0 Å². The van der Waals surface area contributed by atoms with Gasteiger partial charge in [-0.25, -0.2) is 10.0 Å². The standard InChI is InChI=1S/C8H15N3/c1-7-3-8(4-10-2)6-11(9)5-7/h7H,3,5-6,9H2,1-2H3/t7-/m1/s1. The Morgan fingerprint density at radius 1 is 1.73 bits per heavy atom. The number of aliphatic imine (C=N–C) groups is 1. The number of nitrogens with two attached hydrogens (primary N) is 1. The predicted molar refractivity (Wildman–Crippen MR) is 46.4 cm³/mol. The third kappa shape index (κ3) is 2.46. The Morgan fingerprint density at radius 2 is 2.45 bits per heavy atom. The fraction of sp³-hybridized carbons (Fsp3) is 0.750. The summed E-state index contributed by atoms with van der Waals surface area (Å²) in [4.78, 5) is 3.86. The first kappa shape index (κ1) is 8.47. The summed E-state index contributed by atoms with van der Waals surface area (Å²) < 4.78 is 0. The van der Waals surface area contributed by atoms with Gasteiger partial charge in [-0.3, -0.25) is 5.84 Å². The summed E-state index contributed by atoms with van der Waals surface area (Å²) in [5.41, 5.74) is 1.22. The largest absolute Gasteiger partial charge is 0.268 e. The molecule has 0 aromatic rings. The molecular formula is C8H15N3. The van der Waals surface area contributed by atoms with Gasteiger partial charge in [0.25, 0.3) is 0 Å².